The normalized spacial score (nSPS) is 38.2. The predicted octanol–water partition coefficient (Wildman–Crippen LogP) is 1.98. The molecule has 0 aliphatic carbocycles. The highest BCUT2D eigenvalue weighted by molar-refractivity contribution is 4.90. The summed E-state index contributed by atoms with van der Waals surface area (Å²) < 4.78 is 5.78. The van der Waals surface area contributed by atoms with Crippen LogP contribution in [0.2, 0.25) is 0 Å². The average molecular weight is 254 g/mol. The van der Waals surface area contributed by atoms with Gasteiger partial charge < -0.3 is 15.0 Å². The lowest BCUT2D eigenvalue weighted by atomic mass is 9.81. The highest BCUT2D eigenvalue weighted by atomic mass is 16.5. The van der Waals surface area contributed by atoms with E-state index in [9.17, 15) is 0 Å². The summed E-state index contributed by atoms with van der Waals surface area (Å²) in [5, 5.41) is 3.55. The fraction of sp³-hybridized carbons (Fsp3) is 1.00. The minimum absolute atomic E-state index is 0.359. The number of hydrogen-bond donors (Lipinski definition) is 1. The Morgan fingerprint density at radius 2 is 2.00 bits per heavy atom. The van der Waals surface area contributed by atoms with Gasteiger partial charge in [0.05, 0.1) is 6.61 Å². The van der Waals surface area contributed by atoms with Crippen molar-refractivity contribution in [2.45, 2.75) is 33.6 Å². The van der Waals surface area contributed by atoms with E-state index in [0.717, 1.165) is 38.1 Å². The molecule has 2 aliphatic rings. The van der Waals surface area contributed by atoms with Gasteiger partial charge in [-0.15, -0.1) is 0 Å². The molecule has 2 rings (SSSR count). The summed E-state index contributed by atoms with van der Waals surface area (Å²) in [6.45, 7) is 14.8. The van der Waals surface area contributed by atoms with Crippen LogP contribution in [-0.4, -0.2) is 50.8 Å². The van der Waals surface area contributed by atoms with E-state index in [1.165, 1.54) is 32.5 Å². The van der Waals surface area contributed by atoms with Crippen LogP contribution in [0.4, 0.5) is 0 Å². The lowest BCUT2D eigenvalue weighted by Gasteiger charge is -2.40. The molecule has 3 nitrogen and oxygen atoms in total. The minimum Gasteiger partial charge on any atom is -0.381 e. The van der Waals surface area contributed by atoms with Gasteiger partial charge in [0.15, 0.2) is 0 Å². The number of rotatable bonds is 5. The number of likely N-dealkylation sites (tertiary alicyclic amines) is 1. The number of ether oxygens (including phenoxy) is 1. The van der Waals surface area contributed by atoms with Crippen molar-refractivity contribution in [3.05, 3.63) is 0 Å². The van der Waals surface area contributed by atoms with Crippen molar-refractivity contribution in [1.82, 2.24) is 10.2 Å². The van der Waals surface area contributed by atoms with E-state index < -0.39 is 0 Å². The molecule has 0 radical (unpaired) electrons. The van der Waals surface area contributed by atoms with E-state index in [-0.39, 0.29) is 0 Å². The molecule has 2 saturated heterocycles. The van der Waals surface area contributed by atoms with Crippen molar-refractivity contribution in [2.24, 2.45) is 17.3 Å². The summed E-state index contributed by atoms with van der Waals surface area (Å²) in [6, 6.07) is 0. The Bertz CT molecular complexity index is 241. The monoisotopic (exact) mass is 254 g/mol. The van der Waals surface area contributed by atoms with Gasteiger partial charge in [-0.2, -0.15) is 0 Å². The average Bonchev–Trinajstić information content (AvgIpc) is 2.67. The van der Waals surface area contributed by atoms with Crippen molar-refractivity contribution in [1.29, 1.82) is 0 Å². The van der Waals surface area contributed by atoms with E-state index in [4.69, 9.17) is 4.74 Å². The van der Waals surface area contributed by atoms with E-state index >= 15 is 0 Å². The molecule has 0 bridgehead atoms. The topological polar surface area (TPSA) is 24.5 Å². The van der Waals surface area contributed by atoms with Crippen molar-refractivity contribution in [3.63, 3.8) is 0 Å². The van der Waals surface area contributed by atoms with Crippen LogP contribution >= 0.6 is 0 Å². The second-order valence-electron chi connectivity index (χ2n) is 6.59. The van der Waals surface area contributed by atoms with Crippen LogP contribution in [0, 0.1) is 17.3 Å². The molecule has 1 N–H and O–H groups in total. The molecule has 2 fully saturated rings. The van der Waals surface area contributed by atoms with Crippen molar-refractivity contribution < 1.29 is 4.74 Å². The first kappa shape index (κ1) is 14.3. The SMILES string of the molecule is CCNCC1(CN2CC(C)C(C)C2)CCCOC1. The first-order valence-corrected chi connectivity index (χ1v) is 7.66. The molecule has 3 heteroatoms. The second kappa shape index (κ2) is 6.36. The zero-order valence-corrected chi connectivity index (χ0v) is 12.4. The predicted molar refractivity (Wildman–Crippen MR) is 75.8 cm³/mol. The van der Waals surface area contributed by atoms with Crippen LogP contribution in [0.1, 0.15) is 33.6 Å². The summed E-state index contributed by atoms with van der Waals surface area (Å²) >= 11 is 0. The molecule has 2 aliphatic heterocycles. The Kier molecular flexibility index (Phi) is 5.05. The Labute approximate surface area is 112 Å². The van der Waals surface area contributed by atoms with Crippen LogP contribution < -0.4 is 5.32 Å². The fourth-order valence-electron chi connectivity index (χ4n) is 3.47. The molecule has 2 heterocycles. The fourth-order valence-corrected chi connectivity index (χ4v) is 3.47. The van der Waals surface area contributed by atoms with Gasteiger partial charge in [-0.3, -0.25) is 0 Å². The minimum atomic E-state index is 0.359. The van der Waals surface area contributed by atoms with E-state index in [1.807, 2.05) is 0 Å². The van der Waals surface area contributed by atoms with Crippen LogP contribution in [-0.2, 0) is 4.74 Å². The Hall–Kier alpha value is -0.120. The molecule has 106 valence electrons. The zero-order valence-electron chi connectivity index (χ0n) is 12.4. The first-order chi connectivity index (χ1) is 8.65. The third-order valence-electron chi connectivity index (χ3n) is 4.78. The Morgan fingerprint density at radius 3 is 2.56 bits per heavy atom. The molecule has 3 atom stereocenters. The highest BCUT2D eigenvalue weighted by Gasteiger charge is 2.37. The first-order valence-electron chi connectivity index (χ1n) is 7.66. The lowest BCUT2D eigenvalue weighted by Crippen LogP contribution is -2.48. The highest BCUT2D eigenvalue weighted by Crippen LogP contribution is 2.32. The van der Waals surface area contributed by atoms with Gasteiger partial charge in [-0.05, 0) is 31.2 Å². The molecular weight excluding hydrogens is 224 g/mol. The van der Waals surface area contributed by atoms with Gasteiger partial charge in [0, 0.05) is 38.2 Å². The van der Waals surface area contributed by atoms with Gasteiger partial charge in [0.25, 0.3) is 0 Å². The third-order valence-corrected chi connectivity index (χ3v) is 4.78. The van der Waals surface area contributed by atoms with Crippen LogP contribution in [0.15, 0.2) is 0 Å². The molecule has 0 aromatic rings. The number of nitrogens with zero attached hydrogens (tertiary/aromatic N) is 1. The molecule has 18 heavy (non-hydrogen) atoms. The van der Waals surface area contributed by atoms with Crippen LogP contribution in [0.3, 0.4) is 0 Å². The maximum atomic E-state index is 5.78. The Morgan fingerprint density at radius 1 is 1.28 bits per heavy atom. The van der Waals surface area contributed by atoms with Gasteiger partial charge >= 0.3 is 0 Å². The van der Waals surface area contributed by atoms with Gasteiger partial charge in [-0.25, -0.2) is 0 Å². The molecule has 0 amide bonds. The zero-order chi connectivity index (χ0) is 13.0. The quantitative estimate of drug-likeness (QED) is 0.812. The molecule has 0 aromatic carbocycles. The summed E-state index contributed by atoms with van der Waals surface area (Å²) in [5.74, 6) is 1.70. The summed E-state index contributed by atoms with van der Waals surface area (Å²) in [4.78, 5) is 2.67. The molecule has 0 aromatic heterocycles. The van der Waals surface area contributed by atoms with E-state index in [0.29, 0.717) is 5.41 Å². The van der Waals surface area contributed by atoms with Gasteiger partial charge in [0.2, 0.25) is 0 Å². The maximum Gasteiger partial charge on any atom is 0.0546 e. The van der Waals surface area contributed by atoms with Gasteiger partial charge in [0.1, 0.15) is 0 Å². The standard InChI is InChI=1S/C15H30N2O/c1-4-16-10-15(6-5-7-18-12-15)11-17-8-13(2)14(3)9-17/h13-14,16H,4-12H2,1-3H3. The number of hydrogen-bond acceptors (Lipinski definition) is 3. The van der Waals surface area contributed by atoms with Crippen molar-refractivity contribution in [2.75, 3.05) is 45.9 Å². The third kappa shape index (κ3) is 3.46. The molecule has 0 saturated carbocycles. The molecule has 3 unspecified atom stereocenters. The smallest absolute Gasteiger partial charge is 0.0546 e. The van der Waals surface area contributed by atoms with Crippen LogP contribution in [0.25, 0.3) is 0 Å². The van der Waals surface area contributed by atoms with E-state index in [2.05, 4.69) is 31.0 Å². The number of nitrogens with one attached hydrogen (secondary N) is 1. The lowest BCUT2D eigenvalue weighted by molar-refractivity contribution is -0.0234. The second-order valence-corrected chi connectivity index (χ2v) is 6.59. The summed E-state index contributed by atoms with van der Waals surface area (Å²) in [5.41, 5.74) is 0.359. The van der Waals surface area contributed by atoms with Crippen molar-refractivity contribution in [3.8, 4) is 0 Å². The van der Waals surface area contributed by atoms with Gasteiger partial charge in [-0.1, -0.05) is 20.8 Å². The molecule has 0 spiro atoms. The Balaban J connectivity index is 1.92. The van der Waals surface area contributed by atoms with Crippen LogP contribution in [0.5, 0.6) is 0 Å². The largest absolute Gasteiger partial charge is 0.381 e. The summed E-state index contributed by atoms with van der Waals surface area (Å²) in [7, 11) is 0. The molecular formula is C15H30N2O. The summed E-state index contributed by atoms with van der Waals surface area (Å²) in [6.07, 6.45) is 2.55. The van der Waals surface area contributed by atoms with Crippen molar-refractivity contribution >= 4 is 0 Å². The maximum absolute atomic E-state index is 5.78. The van der Waals surface area contributed by atoms with E-state index in [1.54, 1.807) is 0 Å².